The topological polar surface area (TPSA) is 63.6 Å². The van der Waals surface area contributed by atoms with Gasteiger partial charge in [-0.2, -0.15) is 0 Å². The Hall–Kier alpha value is -2.35. The molecule has 0 radical (unpaired) electrons. The molecule has 0 saturated heterocycles. The van der Waals surface area contributed by atoms with Crippen LogP contribution in [0.1, 0.15) is 56.8 Å². The Labute approximate surface area is 191 Å². The number of fused-ring (bicyclic) bond motifs is 1. The highest BCUT2D eigenvalue weighted by Crippen LogP contribution is 2.36. The summed E-state index contributed by atoms with van der Waals surface area (Å²) in [7, 11) is 1.65. The molecule has 3 rings (SSSR count). The van der Waals surface area contributed by atoms with Gasteiger partial charge in [0, 0.05) is 50.6 Å². The molecule has 1 aromatic carbocycles. The van der Waals surface area contributed by atoms with Gasteiger partial charge < -0.3 is 19.5 Å². The van der Waals surface area contributed by atoms with E-state index in [0.717, 1.165) is 5.52 Å². The van der Waals surface area contributed by atoms with E-state index in [1.54, 1.807) is 51.0 Å². The summed E-state index contributed by atoms with van der Waals surface area (Å²) in [6, 6.07) is 5.12. The number of carbonyl (C=O) groups excluding carboxylic acids is 2. The molecule has 9 heteroatoms. The number of benzene rings is 1. The van der Waals surface area contributed by atoms with Crippen LogP contribution in [0.3, 0.4) is 0 Å². The normalized spacial score (nSPS) is 16.7. The third kappa shape index (κ3) is 5.71. The summed E-state index contributed by atoms with van der Waals surface area (Å²) in [5.74, 6) is -2.90. The molecule has 0 atom stereocenters. The number of hydrogen-bond acceptors (Lipinski definition) is 3. The van der Waals surface area contributed by atoms with Gasteiger partial charge in [-0.1, -0.05) is 17.7 Å². The second-order valence-corrected chi connectivity index (χ2v) is 9.71. The highest BCUT2D eigenvalue weighted by atomic mass is 35.5. The van der Waals surface area contributed by atoms with Crippen molar-refractivity contribution in [2.75, 3.05) is 13.6 Å². The van der Waals surface area contributed by atoms with Crippen molar-refractivity contribution in [3.63, 3.8) is 0 Å². The minimum Gasteiger partial charge on any atom is -0.444 e. The lowest BCUT2D eigenvalue weighted by Gasteiger charge is -2.34. The fourth-order valence-electron chi connectivity index (χ4n) is 4.02. The molecule has 1 aliphatic carbocycles. The van der Waals surface area contributed by atoms with Crippen molar-refractivity contribution in [3.8, 4) is 0 Å². The molecular formula is C23H30ClF2N3O3. The maximum absolute atomic E-state index is 13.5. The first-order chi connectivity index (χ1) is 14.9. The summed E-state index contributed by atoms with van der Waals surface area (Å²) in [5, 5.41) is 3.76. The number of amides is 2. The Morgan fingerprint density at radius 3 is 2.56 bits per heavy atom. The zero-order valence-electron chi connectivity index (χ0n) is 18.9. The molecular weight excluding hydrogens is 440 g/mol. The summed E-state index contributed by atoms with van der Waals surface area (Å²) in [5.41, 5.74) is 0.587. The van der Waals surface area contributed by atoms with E-state index >= 15 is 0 Å². The van der Waals surface area contributed by atoms with Gasteiger partial charge in [0.2, 0.25) is 5.92 Å². The van der Waals surface area contributed by atoms with E-state index in [2.05, 4.69) is 5.32 Å². The lowest BCUT2D eigenvalue weighted by atomic mass is 9.91. The van der Waals surface area contributed by atoms with Crippen LogP contribution in [-0.2, 0) is 11.3 Å². The van der Waals surface area contributed by atoms with Crippen LogP contribution in [0.2, 0.25) is 5.02 Å². The minimum atomic E-state index is -2.65. The molecule has 0 unspecified atom stereocenters. The molecule has 0 spiro atoms. The van der Waals surface area contributed by atoms with Crippen LogP contribution < -0.4 is 5.32 Å². The Kier molecular flexibility index (Phi) is 7.03. The molecule has 176 valence electrons. The van der Waals surface area contributed by atoms with Gasteiger partial charge in [0.05, 0.1) is 16.1 Å². The Bertz CT molecular complexity index is 990. The SMILES string of the molecule is CN(C(=O)c1cn(CCNC(=O)OC(C)(C)C)c2cccc(Cl)c12)C1CCC(F)(F)CC1. The summed E-state index contributed by atoms with van der Waals surface area (Å²) in [6.45, 7) is 6.07. The molecule has 1 fully saturated rings. The third-order valence-electron chi connectivity index (χ3n) is 5.66. The highest BCUT2D eigenvalue weighted by molar-refractivity contribution is 6.36. The standard InChI is InChI=1S/C23H30ClF2N3O3/c1-22(2,3)32-21(31)27-12-13-29-14-16(19-17(24)6-5-7-18(19)29)20(30)28(4)15-8-10-23(25,26)11-9-15/h5-7,14-15H,8-13H2,1-4H3,(H,27,31). The van der Waals surface area contributed by atoms with Crippen LogP contribution in [-0.4, -0.2) is 52.6 Å². The van der Waals surface area contributed by atoms with E-state index < -0.39 is 17.6 Å². The number of aromatic nitrogens is 1. The molecule has 0 aliphatic heterocycles. The van der Waals surface area contributed by atoms with Gasteiger partial charge >= 0.3 is 6.09 Å². The highest BCUT2D eigenvalue weighted by Gasteiger charge is 2.37. The number of nitrogens with zero attached hydrogens (tertiary/aromatic N) is 2. The van der Waals surface area contributed by atoms with Crippen molar-refractivity contribution >= 4 is 34.5 Å². The third-order valence-corrected chi connectivity index (χ3v) is 5.98. The van der Waals surface area contributed by atoms with E-state index in [9.17, 15) is 18.4 Å². The van der Waals surface area contributed by atoms with Gasteiger partial charge in [0.15, 0.2) is 0 Å². The van der Waals surface area contributed by atoms with Crippen LogP contribution in [0.4, 0.5) is 13.6 Å². The fourth-order valence-corrected chi connectivity index (χ4v) is 4.29. The van der Waals surface area contributed by atoms with Crippen molar-refractivity contribution in [2.24, 2.45) is 0 Å². The number of halogens is 3. The molecule has 2 aromatic rings. The fraction of sp³-hybridized carbons (Fsp3) is 0.565. The largest absolute Gasteiger partial charge is 0.444 e. The van der Waals surface area contributed by atoms with Crippen LogP contribution >= 0.6 is 11.6 Å². The molecule has 1 N–H and O–H groups in total. The molecule has 1 aromatic heterocycles. The van der Waals surface area contributed by atoms with Gasteiger partial charge in [-0.15, -0.1) is 0 Å². The van der Waals surface area contributed by atoms with Crippen LogP contribution in [0.25, 0.3) is 10.9 Å². The molecule has 0 bridgehead atoms. The first-order valence-electron chi connectivity index (χ1n) is 10.8. The monoisotopic (exact) mass is 469 g/mol. The summed E-state index contributed by atoms with van der Waals surface area (Å²) in [6.07, 6.45) is 1.30. The number of alkyl carbamates (subject to hydrolysis) is 1. The molecule has 1 saturated carbocycles. The van der Waals surface area contributed by atoms with Gasteiger partial charge in [-0.25, -0.2) is 13.6 Å². The van der Waals surface area contributed by atoms with Gasteiger partial charge in [0.25, 0.3) is 5.91 Å². The molecule has 1 aliphatic rings. The average Bonchev–Trinajstić information content (AvgIpc) is 3.05. The van der Waals surface area contributed by atoms with Crippen molar-refractivity contribution < 1.29 is 23.1 Å². The zero-order valence-corrected chi connectivity index (χ0v) is 19.6. The first-order valence-corrected chi connectivity index (χ1v) is 11.1. The predicted octanol–water partition coefficient (Wildman–Crippen LogP) is 5.47. The van der Waals surface area contributed by atoms with Gasteiger partial charge in [-0.3, -0.25) is 4.79 Å². The molecule has 6 nitrogen and oxygen atoms in total. The number of hydrogen-bond donors (Lipinski definition) is 1. The zero-order chi connectivity index (χ0) is 23.7. The van der Waals surface area contributed by atoms with Crippen LogP contribution in [0.5, 0.6) is 0 Å². The van der Waals surface area contributed by atoms with Crippen molar-refractivity contribution in [1.29, 1.82) is 0 Å². The Morgan fingerprint density at radius 2 is 1.94 bits per heavy atom. The summed E-state index contributed by atoms with van der Waals surface area (Å²) >= 11 is 6.43. The first kappa shape index (κ1) is 24.3. The maximum atomic E-state index is 13.5. The number of rotatable bonds is 5. The van der Waals surface area contributed by atoms with Crippen molar-refractivity contribution in [2.45, 2.75) is 70.6 Å². The van der Waals surface area contributed by atoms with E-state index in [0.29, 0.717) is 29.1 Å². The average molecular weight is 470 g/mol. The smallest absolute Gasteiger partial charge is 0.407 e. The number of carbonyl (C=O) groups is 2. The second-order valence-electron chi connectivity index (χ2n) is 9.30. The summed E-state index contributed by atoms with van der Waals surface area (Å²) in [4.78, 5) is 26.8. The van der Waals surface area contributed by atoms with E-state index in [-0.39, 0.29) is 37.6 Å². The number of alkyl halides is 2. The van der Waals surface area contributed by atoms with E-state index in [1.807, 2.05) is 10.6 Å². The minimum absolute atomic E-state index is 0.214. The predicted molar refractivity (Wildman–Crippen MR) is 120 cm³/mol. The van der Waals surface area contributed by atoms with Crippen LogP contribution in [0, 0.1) is 0 Å². The van der Waals surface area contributed by atoms with Gasteiger partial charge in [0.1, 0.15) is 5.60 Å². The van der Waals surface area contributed by atoms with E-state index in [1.165, 1.54) is 0 Å². The second kappa shape index (κ2) is 9.25. The number of nitrogens with one attached hydrogen (secondary N) is 1. The van der Waals surface area contributed by atoms with Crippen molar-refractivity contribution in [1.82, 2.24) is 14.8 Å². The number of ether oxygens (including phenoxy) is 1. The van der Waals surface area contributed by atoms with E-state index in [4.69, 9.17) is 16.3 Å². The lowest BCUT2D eigenvalue weighted by molar-refractivity contribution is -0.0490. The maximum Gasteiger partial charge on any atom is 0.407 e. The van der Waals surface area contributed by atoms with Gasteiger partial charge in [-0.05, 0) is 45.7 Å². The lowest BCUT2D eigenvalue weighted by Crippen LogP contribution is -2.41. The van der Waals surface area contributed by atoms with Crippen LogP contribution in [0.15, 0.2) is 24.4 Å². The summed E-state index contributed by atoms with van der Waals surface area (Å²) < 4.78 is 34.2. The molecule has 2 amide bonds. The molecule has 32 heavy (non-hydrogen) atoms. The molecule has 1 heterocycles. The Balaban J connectivity index is 1.77. The van der Waals surface area contributed by atoms with Crippen molar-refractivity contribution in [3.05, 3.63) is 35.0 Å². The quantitative estimate of drug-likeness (QED) is 0.631. The Morgan fingerprint density at radius 1 is 1.28 bits per heavy atom.